The van der Waals surface area contributed by atoms with E-state index in [1.165, 1.54) is 116 Å². The summed E-state index contributed by atoms with van der Waals surface area (Å²) in [6.07, 6.45) is 49.8. The molecule has 3 nitrogen and oxygen atoms in total. The Labute approximate surface area is 452 Å². The summed E-state index contributed by atoms with van der Waals surface area (Å²) in [5.74, 6) is 12.2. The number of hydrogen-bond acceptors (Lipinski definition) is 3. The minimum absolute atomic E-state index is 0.298. The van der Waals surface area contributed by atoms with Gasteiger partial charge in [-0.3, -0.25) is 0 Å². The molecule has 3 heteroatoms. The largest absolute Gasteiger partial charge is 0.396 e. The van der Waals surface area contributed by atoms with Gasteiger partial charge < -0.3 is 14.9 Å². The molecule has 6 saturated carbocycles. The van der Waals surface area contributed by atoms with E-state index in [9.17, 15) is 10.2 Å². The van der Waals surface area contributed by atoms with Gasteiger partial charge in [0.15, 0.2) is 0 Å². The first kappa shape index (κ1) is 58.0. The van der Waals surface area contributed by atoms with Gasteiger partial charge in [-0.15, -0.1) is 0 Å². The molecule has 0 bridgehead atoms. The molecule has 8 aliphatic carbocycles. The molecule has 0 radical (unpaired) electrons. The zero-order valence-electron chi connectivity index (χ0n) is 50.0. The van der Waals surface area contributed by atoms with Crippen LogP contribution in [0.2, 0.25) is 0 Å². The number of aliphatic hydroxyl groups excluding tert-OH is 2. The molecule has 0 aromatic rings. The van der Waals surface area contributed by atoms with Crippen LogP contribution in [0.5, 0.6) is 0 Å². The molecule has 0 saturated heterocycles. The third-order valence-electron chi connectivity index (χ3n) is 25.4. The van der Waals surface area contributed by atoms with Gasteiger partial charge in [0.25, 0.3) is 0 Å². The predicted octanol–water partition coefficient (Wildman–Crippen LogP) is 19.0. The van der Waals surface area contributed by atoms with Crippen LogP contribution >= 0.6 is 0 Å². The summed E-state index contributed by atoms with van der Waals surface area (Å²) in [6, 6.07) is 0. The van der Waals surface area contributed by atoms with E-state index in [4.69, 9.17) is 4.74 Å². The Morgan fingerprint density at radius 2 is 0.918 bits per heavy atom. The minimum atomic E-state index is 0.298. The number of ether oxygens (including phenoxy) is 1. The summed E-state index contributed by atoms with van der Waals surface area (Å²) >= 11 is 0. The molecule has 0 amide bonds. The van der Waals surface area contributed by atoms with E-state index < -0.39 is 0 Å². The van der Waals surface area contributed by atoms with E-state index in [2.05, 4.69) is 120 Å². The fourth-order valence-corrected chi connectivity index (χ4v) is 20.7. The standard InChI is InChI=1S/C70H118O3/c1-13-51(47(3)4)25-23-49(7)59-31-33-61-57-29-27-55-45-53(35-39-67(55,9)63(57)37-41-69(59,61)11)65(21-17-15-19-43-71)73-66(22-18-16-20-44-72)54-36-40-68(10)56(46-54)28-30-58-62-34-32-60(70(62,12)42-38-64(58)68)50(8)24-26-52(14-2)48(5)6/h23-28,47-54,57-66,71-72H,13-22,29-46H2,1-12H3/t49-,50-,51-,52-,53+,54+,57?,58?,59-,60-,61?,62?,63?,64?,65?,66?,67+,68+,69-,70-/m1/s1. The molecule has 0 aromatic heterocycles. The van der Waals surface area contributed by atoms with Gasteiger partial charge in [-0.25, -0.2) is 0 Å². The van der Waals surface area contributed by atoms with Gasteiger partial charge in [-0.2, -0.15) is 0 Å². The van der Waals surface area contributed by atoms with E-state index in [0.717, 1.165) is 111 Å². The van der Waals surface area contributed by atoms with Gasteiger partial charge in [-0.1, -0.05) is 156 Å². The van der Waals surface area contributed by atoms with Crippen molar-refractivity contribution in [1.29, 1.82) is 0 Å². The second-order valence-electron chi connectivity index (χ2n) is 29.5. The highest BCUT2D eigenvalue weighted by Crippen LogP contribution is 2.70. The fraction of sp³-hybridized carbons (Fsp3) is 0.886. The number of rotatable bonds is 24. The Morgan fingerprint density at radius 1 is 0.507 bits per heavy atom. The normalized spacial score (nSPS) is 40.8. The van der Waals surface area contributed by atoms with E-state index in [-0.39, 0.29) is 0 Å². The van der Waals surface area contributed by atoms with Crippen molar-refractivity contribution in [2.75, 3.05) is 13.2 Å². The maximum Gasteiger partial charge on any atom is 0.0610 e. The lowest BCUT2D eigenvalue weighted by atomic mass is 9.46. The van der Waals surface area contributed by atoms with Crippen molar-refractivity contribution in [2.45, 2.75) is 262 Å². The summed E-state index contributed by atoms with van der Waals surface area (Å²) in [6.45, 7) is 31.0. The molecule has 6 fully saturated rings. The number of unbranched alkanes of at least 4 members (excludes halogenated alkanes) is 4. The fourth-order valence-electron chi connectivity index (χ4n) is 20.7. The molecular formula is C70H118O3. The summed E-state index contributed by atoms with van der Waals surface area (Å²) < 4.78 is 7.86. The third-order valence-corrected chi connectivity index (χ3v) is 25.4. The molecular weight excluding hydrogens is 889 g/mol. The Balaban J connectivity index is 0.959. The zero-order chi connectivity index (χ0) is 52.3. The lowest BCUT2D eigenvalue weighted by molar-refractivity contribution is -0.104. The van der Waals surface area contributed by atoms with Crippen LogP contribution < -0.4 is 0 Å². The van der Waals surface area contributed by atoms with Gasteiger partial charge >= 0.3 is 0 Å². The molecule has 20 atom stereocenters. The molecule has 8 rings (SSSR count). The molecule has 0 aromatic carbocycles. The van der Waals surface area contributed by atoms with Gasteiger partial charge in [0, 0.05) is 13.2 Å². The quantitative estimate of drug-likeness (QED) is 0.0748. The number of allylic oxidation sites excluding steroid dienone is 8. The summed E-state index contributed by atoms with van der Waals surface area (Å²) in [4.78, 5) is 0. The topological polar surface area (TPSA) is 49.7 Å². The molecule has 2 N–H and O–H groups in total. The van der Waals surface area contributed by atoms with Crippen molar-refractivity contribution in [2.24, 2.45) is 116 Å². The van der Waals surface area contributed by atoms with Crippen LogP contribution in [0.15, 0.2) is 47.6 Å². The lowest BCUT2D eigenvalue weighted by Crippen LogP contribution is -2.51. The molecule has 416 valence electrons. The third kappa shape index (κ3) is 11.8. The molecule has 8 aliphatic rings. The van der Waals surface area contributed by atoms with Crippen molar-refractivity contribution in [3.63, 3.8) is 0 Å². The van der Waals surface area contributed by atoms with Gasteiger partial charge in [0.05, 0.1) is 12.2 Å². The maximum absolute atomic E-state index is 9.85. The highest BCUT2D eigenvalue weighted by molar-refractivity contribution is 5.28. The average molecular weight is 1010 g/mol. The van der Waals surface area contributed by atoms with Crippen molar-refractivity contribution in [3.8, 4) is 0 Å². The van der Waals surface area contributed by atoms with Crippen LogP contribution in [-0.4, -0.2) is 35.6 Å². The van der Waals surface area contributed by atoms with Crippen LogP contribution in [0.4, 0.5) is 0 Å². The Kier molecular flexibility index (Phi) is 19.8. The second kappa shape index (κ2) is 24.9. The zero-order valence-corrected chi connectivity index (χ0v) is 50.0. The van der Waals surface area contributed by atoms with Gasteiger partial charge in [-0.05, 0) is 258 Å². The van der Waals surface area contributed by atoms with Crippen molar-refractivity contribution in [3.05, 3.63) is 47.6 Å². The Morgan fingerprint density at radius 3 is 1.29 bits per heavy atom. The van der Waals surface area contributed by atoms with Crippen molar-refractivity contribution >= 4 is 0 Å². The van der Waals surface area contributed by atoms with E-state index in [0.29, 0.717) is 82.6 Å². The predicted molar refractivity (Wildman–Crippen MR) is 311 cm³/mol. The van der Waals surface area contributed by atoms with Crippen LogP contribution in [0, 0.1) is 116 Å². The molecule has 8 unspecified atom stereocenters. The van der Waals surface area contributed by atoms with Crippen LogP contribution in [0.3, 0.4) is 0 Å². The minimum Gasteiger partial charge on any atom is -0.396 e. The number of aliphatic hydroxyl groups is 2. The smallest absolute Gasteiger partial charge is 0.0610 e. The van der Waals surface area contributed by atoms with Gasteiger partial charge in [0.2, 0.25) is 0 Å². The maximum atomic E-state index is 9.85. The van der Waals surface area contributed by atoms with E-state index in [1.807, 2.05) is 11.1 Å². The monoisotopic (exact) mass is 1010 g/mol. The molecule has 0 heterocycles. The van der Waals surface area contributed by atoms with Crippen LogP contribution in [0.1, 0.15) is 250 Å². The highest BCUT2D eigenvalue weighted by atomic mass is 16.5. The summed E-state index contributed by atoms with van der Waals surface area (Å²) in [7, 11) is 0. The number of hydrogen-bond donors (Lipinski definition) is 2. The average Bonchev–Trinajstić information content (AvgIpc) is 3.92. The first-order chi connectivity index (χ1) is 35.0. The first-order valence-corrected chi connectivity index (χ1v) is 32.6. The van der Waals surface area contributed by atoms with Crippen molar-refractivity contribution < 1.29 is 14.9 Å². The van der Waals surface area contributed by atoms with Crippen LogP contribution in [-0.2, 0) is 4.74 Å². The second-order valence-corrected chi connectivity index (χ2v) is 29.5. The SMILES string of the molecule is CC[C@H](C=C[C@@H](C)[C@H]1CCC2C3CC=C4C[C@@H](C(CCCCCO)OC(CCCCCO)[C@H]5CC[C@@]6(C)C(=CCC7C6CC[C@@]6(C)C7CC[C@@H]6[C@H](C)C=C[C@@H](CC)C(C)C)C5)CC[C@]4(C)C3CC[C@@]21C)C(C)C. The Bertz CT molecular complexity index is 1740. The lowest BCUT2D eigenvalue weighted by Gasteiger charge is -2.59. The van der Waals surface area contributed by atoms with Crippen molar-refractivity contribution in [1.82, 2.24) is 0 Å². The molecule has 0 aliphatic heterocycles. The van der Waals surface area contributed by atoms with Gasteiger partial charge in [0.1, 0.15) is 0 Å². The van der Waals surface area contributed by atoms with E-state index >= 15 is 0 Å². The first-order valence-electron chi connectivity index (χ1n) is 32.6. The summed E-state index contributed by atoms with van der Waals surface area (Å²) in [5, 5.41) is 19.7. The Hall–Kier alpha value is -1.16. The molecule has 73 heavy (non-hydrogen) atoms. The van der Waals surface area contributed by atoms with E-state index in [1.54, 1.807) is 0 Å². The number of fused-ring (bicyclic) bond motifs is 10. The highest BCUT2D eigenvalue weighted by Gasteiger charge is 2.61. The summed E-state index contributed by atoms with van der Waals surface area (Å²) in [5.41, 5.74) is 5.28. The van der Waals surface area contributed by atoms with Crippen LogP contribution in [0.25, 0.3) is 0 Å². The molecule has 0 spiro atoms.